The molecule has 0 aliphatic heterocycles. The number of aliphatic hydroxyl groups is 3. The van der Waals surface area contributed by atoms with E-state index in [1.165, 1.54) is 83.3 Å². The third kappa shape index (κ3) is 51.1. The van der Waals surface area contributed by atoms with Crippen LogP contribution >= 0.6 is 0 Å². The van der Waals surface area contributed by atoms with E-state index in [1.54, 1.807) is 90.3 Å². The molecule has 148 heavy (non-hydrogen) atoms. The summed E-state index contributed by atoms with van der Waals surface area (Å²) in [6.07, 6.45) is 30.0. The summed E-state index contributed by atoms with van der Waals surface area (Å²) in [6.45, 7) is 13.3. The maximum absolute atomic E-state index is 13.4. The Hall–Kier alpha value is -12.3. The average Bonchev–Trinajstić information content (AvgIpc) is 1.66. The Bertz CT molecular complexity index is 6630. The summed E-state index contributed by atoms with van der Waals surface area (Å²) in [5, 5.41) is 33.4. The minimum atomic E-state index is -0.990. The topological polar surface area (TPSA) is 305 Å². The maximum atomic E-state index is 13.4. The molecule has 0 atom stereocenters. The number of ketones is 3. The number of carbonyl (C=O) groups excluding carboxylic acids is 3. The van der Waals surface area contributed by atoms with Crippen molar-refractivity contribution in [3.05, 3.63) is 442 Å². The predicted octanol–water partition coefficient (Wildman–Crippen LogP) is 21.9. The third-order valence-electron chi connectivity index (χ3n) is 18.2. The molecule has 0 unspecified atom stereocenters. The number of aryl methyl sites for hydroxylation is 7. The molecule has 0 aliphatic carbocycles. The Kier molecular flexibility index (Phi) is 68.6. The predicted molar refractivity (Wildman–Crippen MR) is 526 cm³/mol. The molecular formula is C109H103F6Ir8N17O8-8. The molecule has 9 aromatic heterocycles. The van der Waals surface area contributed by atoms with Crippen LogP contribution in [-0.2, 0) is 231 Å². The number of hydrogen-bond acceptors (Lipinski definition) is 16. The number of pyridine rings is 1. The summed E-state index contributed by atoms with van der Waals surface area (Å²) < 4.78 is 92.7. The van der Waals surface area contributed by atoms with Gasteiger partial charge in [-0.3, -0.25) is 80.6 Å². The number of aromatic nitrogens is 17. The van der Waals surface area contributed by atoms with Gasteiger partial charge in [0.15, 0.2) is 17.3 Å². The number of carboxylic acids is 1. The summed E-state index contributed by atoms with van der Waals surface area (Å²) in [7, 11) is 13.2. The zero-order valence-electron chi connectivity index (χ0n) is 82.2. The van der Waals surface area contributed by atoms with Gasteiger partial charge in [-0.1, -0.05) is 71.3 Å². The fourth-order valence-electron chi connectivity index (χ4n) is 11.6. The zero-order valence-corrected chi connectivity index (χ0v) is 101. The molecule has 0 amide bonds. The summed E-state index contributed by atoms with van der Waals surface area (Å²) in [6, 6.07) is 83.5. The monoisotopic (exact) mass is 3440 g/mol. The van der Waals surface area contributed by atoms with E-state index in [2.05, 4.69) is 135 Å². The summed E-state index contributed by atoms with van der Waals surface area (Å²) in [4.78, 5) is 77.1. The minimum Gasteiger partial charge on any atom is -0.512 e. The van der Waals surface area contributed by atoms with Crippen LogP contribution in [0.5, 0.6) is 0 Å². The van der Waals surface area contributed by atoms with Crippen molar-refractivity contribution in [1.82, 2.24) is 81.4 Å². The first-order chi connectivity index (χ1) is 66.9. The molecule has 9 heterocycles. The van der Waals surface area contributed by atoms with Crippen molar-refractivity contribution in [3.8, 4) is 90.1 Å². The molecular weight excluding hydrogens is 3330 g/mol. The molecule has 18 aromatic rings. The van der Waals surface area contributed by atoms with Crippen molar-refractivity contribution < 1.29 is 227 Å². The van der Waals surface area contributed by atoms with Gasteiger partial charge in [-0.15, -0.1) is 216 Å². The van der Waals surface area contributed by atoms with Gasteiger partial charge >= 0.3 is 5.97 Å². The van der Waals surface area contributed by atoms with Crippen LogP contribution in [0.4, 0.5) is 26.3 Å². The van der Waals surface area contributed by atoms with Crippen molar-refractivity contribution in [2.75, 3.05) is 0 Å². The first kappa shape index (κ1) is 138. The number of carbonyl (C=O) groups is 4. The van der Waals surface area contributed by atoms with Gasteiger partial charge in [0.05, 0.1) is 67.9 Å². The van der Waals surface area contributed by atoms with Crippen LogP contribution in [0.1, 0.15) is 69.0 Å². The van der Waals surface area contributed by atoms with E-state index >= 15 is 0 Å². The molecule has 18 rings (SSSR count). The fourth-order valence-corrected chi connectivity index (χ4v) is 11.6. The van der Waals surface area contributed by atoms with Crippen molar-refractivity contribution in [1.29, 1.82) is 0 Å². The molecule has 9 aromatic carbocycles. The summed E-state index contributed by atoms with van der Waals surface area (Å²) in [5.74, 6) is -5.03. The van der Waals surface area contributed by atoms with Crippen LogP contribution in [-0.4, -0.2) is 125 Å². The molecule has 0 saturated carbocycles. The van der Waals surface area contributed by atoms with Gasteiger partial charge in [-0.05, 0) is 122 Å². The van der Waals surface area contributed by atoms with Gasteiger partial charge in [0.1, 0.15) is 5.69 Å². The molecule has 0 fully saturated rings. The molecule has 0 bridgehead atoms. The van der Waals surface area contributed by atoms with E-state index in [1.807, 2.05) is 219 Å². The minimum absolute atomic E-state index is 0. The van der Waals surface area contributed by atoms with Gasteiger partial charge in [0.2, 0.25) is 0 Å². The van der Waals surface area contributed by atoms with E-state index in [9.17, 15) is 45.5 Å². The molecule has 0 spiro atoms. The Morgan fingerprint density at radius 1 is 0.311 bits per heavy atom. The van der Waals surface area contributed by atoms with E-state index in [-0.39, 0.29) is 218 Å². The Morgan fingerprint density at radius 2 is 0.595 bits per heavy atom. The second-order valence-electron chi connectivity index (χ2n) is 30.3. The molecule has 0 saturated heterocycles. The number of rotatable bonds is 14. The van der Waals surface area contributed by atoms with Crippen LogP contribution in [0.3, 0.4) is 0 Å². The number of aliphatic hydroxyl groups excluding tert-OH is 3. The molecule has 8 radical (unpaired) electrons. The molecule has 794 valence electrons. The maximum Gasteiger partial charge on any atom is 0.354 e. The third-order valence-corrected chi connectivity index (χ3v) is 18.2. The van der Waals surface area contributed by atoms with E-state index < -0.39 is 40.9 Å². The standard InChI is InChI=1S/C16H13N2.C11H9F2N2.C11H11N2.2C10H7F2N2.3C10H9N2.C6H5NO2.3C5H8O2.8Ir/c1-3-7-14(8-4-1)11-18-12-16(17-13-18)15-9-5-2-6-10-15;1-7-11(14-6-15(7)2)9-4-3-8(12)5-10(9)13;1-9-11(12-8-13(9)2)10-6-4-3-5-7-10;2*1-14-5-10(13-6-14)8-3-2-7(11)4-9(8)12;3*1-12-7-10(11-8-12)9-5-3-2-4-6-9;8-6(9)5-3-1-2-4-7-5;3*1-4(6)3-5(2)7;;;;;;;;/h1-9,12-13H,11H2;3,5-6H,1-2H3;3-6,8H,1-2H3;2*2,4-6H,1H3;3*2-5,7-8H,1H3;1-4H,(H,8,9);3*3,6H,1-2H3;;;;;;;;/q8*-1;;;;;;;;;;;;. The fraction of sp³-hybridized carbons (Fsp3) is 0.147. The summed E-state index contributed by atoms with van der Waals surface area (Å²) in [5.41, 5.74) is 15.4. The van der Waals surface area contributed by atoms with E-state index in [0.29, 0.717) is 17.1 Å². The van der Waals surface area contributed by atoms with Crippen molar-refractivity contribution in [3.63, 3.8) is 0 Å². The number of halogens is 6. The number of aromatic carboxylic acids is 1. The Labute approximate surface area is 965 Å². The van der Waals surface area contributed by atoms with Crippen LogP contribution in [0.15, 0.2) is 336 Å². The number of carboxylic acid groups (broad SMARTS) is 1. The molecule has 25 nitrogen and oxygen atoms in total. The largest absolute Gasteiger partial charge is 0.512 e. The van der Waals surface area contributed by atoms with Gasteiger partial charge < -0.3 is 57.0 Å². The first-order valence-corrected chi connectivity index (χ1v) is 42.6. The van der Waals surface area contributed by atoms with Gasteiger partial charge in [-0.2, -0.15) is 0 Å². The summed E-state index contributed by atoms with van der Waals surface area (Å²) >= 11 is 0. The number of allylic oxidation sites excluding steroid dienone is 6. The SMILES string of the molecule is CC(=O)C=C(C)O.CC(=O)C=C(C)O.CC(=O)C=C(C)O.Cc1c(-c2[c-]cc(F)cc2F)ncn1C.Cc1c(-c2[c-]cccc2)ncn1C.Cn1cnc(-c2[c-]cc(F)cc2F)c1.Cn1cnc(-c2[c-]cc(F)cc2F)c1.Cn1cnc(-c2[c-]cccc2)c1.Cn1cnc(-c2[c-]cccc2)c1.Cn1cnc(-c2[c-]cccc2)c1.O=C(O)c1ccccn1.[Ir].[Ir].[Ir].[Ir].[Ir].[Ir].[Ir].[Ir].[c-]1ccccc1-c1cn(Cc2ccccc2)cn1. The van der Waals surface area contributed by atoms with E-state index in [4.69, 9.17) is 20.4 Å². The van der Waals surface area contributed by atoms with Crippen molar-refractivity contribution >= 4 is 23.3 Å². The number of nitrogens with zero attached hydrogens (tertiary/aromatic N) is 17. The first-order valence-electron chi connectivity index (χ1n) is 42.6. The number of imidazole rings is 8. The normalized spacial score (nSPS) is 9.86. The Balaban J connectivity index is 0. The zero-order chi connectivity index (χ0) is 102. The second kappa shape index (κ2) is 73.7. The smallest absolute Gasteiger partial charge is 0.354 e. The van der Waals surface area contributed by atoms with Crippen LogP contribution in [0, 0.1) is 97.3 Å². The quantitative estimate of drug-likeness (QED) is 0.0340. The van der Waals surface area contributed by atoms with Crippen LogP contribution < -0.4 is 0 Å². The number of benzene rings is 9. The van der Waals surface area contributed by atoms with Crippen molar-refractivity contribution in [2.45, 2.75) is 61.9 Å². The van der Waals surface area contributed by atoms with Crippen LogP contribution in [0.25, 0.3) is 90.1 Å². The van der Waals surface area contributed by atoms with Gasteiger partial charge in [0, 0.05) is 322 Å². The van der Waals surface area contributed by atoms with Crippen molar-refractivity contribution in [2.24, 2.45) is 49.3 Å². The van der Waals surface area contributed by atoms with Crippen LogP contribution in [0.2, 0.25) is 0 Å². The molecule has 4 N–H and O–H groups in total. The molecule has 0 aliphatic rings. The second-order valence-corrected chi connectivity index (χ2v) is 30.3. The van der Waals surface area contributed by atoms with Gasteiger partial charge in [-0.25, -0.2) is 9.78 Å². The van der Waals surface area contributed by atoms with E-state index in [0.717, 1.165) is 105 Å². The number of hydrogen-bond donors (Lipinski definition) is 4. The molecule has 39 heteroatoms. The average molecular weight is 3430 g/mol. The Morgan fingerprint density at radius 3 is 0.838 bits per heavy atom. The van der Waals surface area contributed by atoms with Gasteiger partial charge in [0.25, 0.3) is 0 Å².